The molecule has 0 saturated heterocycles. The summed E-state index contributed by atoms with van der Waals surface area (Å²) in [6.45, 7) is 0. The highest BCUT2D eigenvalue weighted by Gasteiger charge is 2.04. The molecule has 4 heteroatoms. The van der Waals surface area contributed by atoms with Crippen molar-refractivity contribution in [2.24, 2.45) is 0 Å². The third-order valence-corrected chi connectivity index (χ3v) is 2.62. The van der Waals surface area contributed by atoms with Gasteiger partial charge in [-0.2, -0.15) is 5.26 Å². The highest BCUT2D eigenvalue weighted by molar-refractivity contribution is 6.34. The topological polar surface area (TPSA) is 61.8 Å². The maximum absolute atomic E-state index is 8.81. The van der Waals surface area contributed by atoms with Crippen LogP contribution in [0.3, 0.4) is 0 Å². The molecule has 0 aromatic heterocycles. The molecule has 0 heterocycles. The van der Waals surface area contributed by atoms with Gasteiger partial charge in [-0.3, -0.25) is 0 Å². The van der Waals surface area contributed by atoms with Gasteiger partial charge in [-0.1, -0.05) is 23.7 Å². The fourth-order valence-corrected chi connectivity index (χ4v) is 1.71. The minimum Gasteiger partial charge on any atom is -0.397 e. The minimum atomic E-state index is 0.548. The summed E-state index contributed by atoms with van der Waals surface area (Å²) in [4.78, 5) is 0. The van der Waals surface area contributed by atoms with E-state index in [1.165, 1.54) is 0 Å². The number of nitriles is 1. The average Bonchev–Trinajstić information content (AvgIpc) is 2.34. The SMILES string of the molecule is N#Cc1cccc(Nc2c(N)cccc2Cl)c1. The summed E-state index contributed by atoms with van der Waals surface area (Å²) in [5.41, 5.74) is 8.42. The number of hydrogen-bond donors (Lipinski definition) is 2. The summed E-state index contributed by atoms with van der Waals surface area (Å²) in [6.07, 6.45) is 0. The van der Waals surface area contributed by atoms with E-state index >= 15 is 0 Å². The Balaban J connectivity index is 2.35. The van der Waals surface area contributed by atoms with Gasteiger partial charge in [0.25, 0.3) is 0 Å². The first-order valence-corrected chi connectivity index (χ1v) is 5.39. The van der Waals surface area contributed by atoms with E-state index in [0.29, 0.717) is 22.0 Å². The van der Waals surface area contributed by atoms with Crippen LogP contribution in [0.4, 0.5) is 17.1 Å². The van der Waals surface area contributed by atoms with Gasteiger partial charge >= 0.3 is 0 Å². The van der Waals surface area contributed by atoms with E-state index in [-0.39, 0.29) is 0 Å². The Morgan fingerprint density at radius 1 is 1.18 bits per heavy atom. The number of hydrogen-bond acceptors (Lipinski definition) is 3. The van der Waals surface area contributed by atoms with Crippen LogP contribution >= 0.6 is 11.6 Å². The van der Waals surface area contributed by atoms with Gasteiger partial charge in [-0.25, -0.2) is 0 Å². The second-order valence-electron chi connectivity index (χ2n) is 3.52. The molecule has 2 aromatic rings. The molecule has 17 heavy (non-hydrogen) atoms. The third kappa shape index (κ3) is 2.49. The summed E-state index contributed by atoms with van der Waals surface area (Å²) >= 11 is 6.05. The zero-order valence-corrected chi connectivity index (χ0v) is 9.70. The Labute approximate surface area is 104 Å². The van der Waals surface area contributed by atoms with E-state index in [9.17, 15) is 0 Å². The lowest BCUT2D eigenvalue weighted by molar-refractivity contribution is 1.47. The van der Waals surface area contributed by atoms with Crippen LogP contribution in [-0.2, 0) is 0 Å². The Hall–Kier alpha value is -2.18. The summed E-state index contributed by atoms with van der Waals surface area (Å²) in [7, 11) is 0. The van der Waals surface area contributed by atoms with Crippen LogP contribution in [-0.4, -0.2) is 0 Å². The molecule has 84 valence electrons. The highest BCUT2D eigenvalue weighted by atomic mass is 35.5. The first kappa shape index (κ1) is 11.3. The van der Waals surface area contributed by atoms with E-state index in [4.69, 9.17) is 22.6 Å². The van der Waals surface area contributed by atoms with Crippen LogP contribution in [0.1, 0.15) is 5.56 Å². The Morgan fingerprint density at radius 3 is 2.65 bits per heavy atom. The minimum absolute atomic E-state index is 0.548. The van der Waals surface area contributed by atoms with Gasteiger partial charge in [0.05, 0.1) is 28.0 Å². The van der Waals surface area contributed by atoms with E-state index in [1.54, 1.807) is 36.4 Å². The molecule has 0 radical (unpaired) electrons. The van der Waals surface area contributed by atoms with Crippen molar-refractivity contribution in [2.75, 3.05) is 11.1 Å². The summed E-state index contributed by atoms with van der Waals surface area (Å²) in [5.74, 6) is 0. The van der Waals surface area contributed by atoms with Crippen molar-refractivity contribution in [3.8, 4) is 6.07 Å². The number of halogens is 1. The van der Waals surface area contributed by atoms with Gasteiger partial charge < -0.3 is 11.1 Å². The molecule has 0 saturated carbocycles. The van der Waals surface area contributed by atoms with E-state index in [2.05, 4.69) is 11.4 Å². The second kappa shape index (κ2) is 4.77. The van der Waals surface area contributed by atoms with E-state index in [0.717, 1.165) is 5.69 Å². The van der Waals surface area contributed by atoms with Crippen molar-refractivity contribution >= 4 is 28.7 Å². The lowest BCUT2D eigenvalue weighted by Crippen LogP contribution is -1.97. The number of anilines is 3. The van der Waals surface area contributed by atoms with Gasteiger partial charge in [0.15, 0.2) is 0 Å². The molecule has 2 aromatic carbocycles. The standard InChI is InChI=1S/C13H10ClN3/c14-11-5-2-6-12(16)13(11)17-10-4-1-3-9(7-10)8-15/h1-7,17H,16H2. The lowest BCUT2D eigenvalue weighted by atomic mass is 10.2. The fourth-order valence-electron chi connectivity index (χ4n) is 1.48. The zero-order valence-electron chi connectivity index (χ0n) is 8.94. The van der Waals surface area contributed by atoms with Gasteiger partial charge in [0, 0.05) is 5.69 Å². The maximum Gasteiger partial charge on any atom is 0.0992 e. The molecule has 3 N–H and O–H groups in total. The smallest absolute Gasteiger partial charge is 0.0992 e. The molecular weight excluding hydrogens is 234 g/mol. The number of nitrogens with one attached hydrogen (secondary N) is 1. The number of rotatable bonds is 2. The van der Waals surface area contributed by atoms with Crippen LogP contribution < -0.4 is 11.1 Å². The number of nitrogens with zero attached hydrogens (tertiary/aromatic N) is 1. The first-order chi connectivity index (χ1) is 8.20. The van der Waals surface area contributed by atoms with Crippen molar-refractivity contribution < 1.29 is 0 Å². The zero-order chi connectivity index (χ0) is 12.3. The van der Waals surface area contributed by atoms with Crippen LogP contribution in [0.25, 0.3) is 0 Å². The molecule has 2 rings (SSSR count). The van der Waals surface area contributed by atoms with Crippen molar-refractivity contribution in [3.63, 3.8) is 0 Å². The molecule has 0 aliphatic carbocycles. The normalized spacial score (nSPS) is 9.65. The molecule has 0 aliphatic heterocycles. The Bertz CT molecular complexity index is 567. The number of nitrogen functional groups attached to an aromatic ring is 1. The number of nitrogens with two attached hydrogens (primary N) is 1. The second-order valence-corrected chi connectivity index (χ2v) is 3.93. The molecule has 0 amide bonds. The monoisotopic (exact) mass is 243 g/mol. The Kier molecular flexibility index (Phi) is 3.17. The van der Waals surface area contributed by atoms with Crippen LogP contribution in [0.15, 0.2) is 42.5 Å². The van der Waals surface area contributed by atoms with E-state index in [1.807, 2.05) is 6.07 Å². The quantitative estimate of drug-likeness (QED) is 0.793. The largest absolute Gasteiger partial charge is 0.397 e. The Morgan fingerprint density at radius 2 is 1.94 bits per heavy atom. The molecular formula is C13H10ClN3. The summed E-state index contributed by atoms with van der Waals surface area (Å²) < 4.78 is 0. The van der Waals surface area contributed by atoms with Crippen LogP contribution in [0.2, 0.25) is 5.02 Å². The van der Waals surface area contributed by atoms with E-state index < -0.39 is 0 Å². The van der Waals surface area contributed by atoms with Crippen molar-refractivity contribution in [3.05, 3.63) is 53.1 Å². The molecule has 0 aliphatic rings. The van der Waals surface area contributed by atoms with Gasteiger partial charge in [-0.15, -0.1) is 0 Å². The summed E-state index contributed by atoms with van der Waals surface area (Å²) in [6, 6.07) is 14.5. The van der Waals surface area contributed by atoms with Crippen LogP contribution in [0, 0.1) is 11.3 Å². The predicted molar refractivity (Wildman–Crippen MR) is 70.3 cm³/mol. The summed E-state index contributed by atoms with van der Waals surface area (Å²) in [5, 5.41) is 12.5. The third-order valence-electron chi connectivity index (χ3n) is 2.31. The lowest BCUT2D eigenvalue weighted by Gasteiger charge is -2.11. The van der Waals surface area contributed by atoms with Crippen molar-refractivity contribution in [1.82, 2.24) is 0 Å². The molecule has 0 unspecified atom stereocenters. The van der Waals surface area contributed by atoms with Gasteiger partial charge in [0.2, 0.25) is 0 Å². The van der Waals surface area contributed by atoms with Crippen molar-refractivity contribution in [1.29, 1.82) is 5.26 Å². The van der Waals surface area contributed by atoms with Gasteiger partial charge in [0.1, 0.15) is 0 Å². The first-order valence-electron chi connectivity index (χ1n) is 5.02. The van der Waals surface area contributed by atoms with Crippen molar-refractivity contribution in [2.45, 2.75) is 0 Å². The molecule has 0 fully saturated rings. The molecule has 3 nitrogen and oxygen atoms in total. The number of para-hydroxylation sites is 1. The number of benzene rings is 2. The highest BCUT2D eigenvalue weighted by Crippen LogP contribution is 2.30. The molecule has 0 atom stereocenters. The maximum atomic E-state index is 8.81. The van der Waals surface area contributed by atoms with Gasteiger partial charge in [-0.05, 0) is 30.3 Å². The fraction of sp³-hybridized carbons (Fsp3) is 0. The molecule has 0 bridgehead atoms. The average molecular weight is 244 g/mol. The van der Waals surface area contributed by atoms with Crippen LogP contribution in [0.5, 0.6) is 0 Å². The molecule has 0 spiro atoms. The predicted octanol–water partition coefficient (Wildman–Crippen LogP) is 3.54.